The Morgan fingerprint density at radius 3 is 2.48 bits per heavy atom. The third kappa shape index (κ3) is 5.53. The second-order valence-corrected chi connectivity index (χ2v) is 8.29. The molecule has 1 N–H and O–H groups in total. The van der Waals surface area contributed by atoms with Crippen LogP contribution in [0.2, 0.25) is 0 Å². The van der Waals surface area contributed by atoms with Crippen LogP contribution >= 0.6 is 0 Å². The van der Waals surface area contributed by atoms with E-state index in [9.17, 15) is 13.2 Å². The highest BCUT2D eigenvalue weighted by atomic mass is 32.2. The number of ether oxygens (including phenoxy) is 1. The van der Waals surface area contributed by atoms with Crippen molar-refractivity contribution < 1.29 is 17.9 Å². The standard InChI is InChI=1S/C17H25NO4S/c1-13-5-3-4-6-16(13)18-17(19)11-12-22-14-7-9-15(10-8-14)23(2,20)21/h7-10,13,16H,3-6,11-12H2,1-2H3,(H,18,19)/t13-,16-/m1/s1. The molecule has 1 aliphatic rings. The van der Waals surface area contributed by atoms with E-state index in [1.807, 2.05) is 0 Å². The molecule has 1 aromatic rings. The molecule has 0 radical (unpaired) electrons. The highest BCUT2D eigenvalue weighted by Gasteiger charge is 2.22. The van der Waals surface area contributed by atoms with Crippen LogP contribution in [0.5, 0.6) is 5.75 Å². The average molecular weight is 339 g/mol. The number of hydrogen-bond acceptors (Lipinski definition) is 4. The molecule has 0 saturated heterocycles. The Balaban J connectivity index is 1.75. The average Bonchev–Trinajstić information content (AvgIpc) is 2.49. The molecule has 0 spiro atoms. The first-order valence-electron chi connectivity index (χ1n) is 8.08. The first-order chi connectivity index (χ1) is 10.9. The predicted molar refractivity (Wildman–Crippen MR) is 89.2 cm³/mol. The lowest BCUT2D eigenvalue weighted by atomic mass is 9.86. The number of sulfone groups is 1. The van der Waals surface area contributed by atoms with E-state index in [-0.39, 0.29) is 23.5 Å². The van der Waals surface area contributed by atoms with Gasteiger partial charge in [0.1, 0.15) is 5.75 Å². The quantitative estimate of drug-likeness (QED) is 0.864. The van der Waals surface area contributed by atoms with Gasteiger partial charge in [-0.1, -0.05) is 19.8 Å². The third-order valence-electron chi connectivity index (χ3n) is 4.31. The number of carbonyl (C=O) groups is 1. The molecular formula is C17H25NO4S. The zero-order valence-electron chi connectivity index (χ0n) is 13.7. The number of carbonyl (C=O) groups excluding carboxylic acids is 1. The van der Waals surface area contributed by atoms with E-state index in [1.165, 1.54) is 37.7 Å². The Hall–Kier alpha value is -1.56. The van der Waals surface area contributed by atoms with Gasteiger partial charge < -0.3 is 10.1 Å². The van der Waals surface area contributed by atoms with Gasteiger partial charge in [0.25, 0.3) is 0 Å². The summed E-state index contributed by atoms with van der Waals surface area (Å²) in [4.78, 5) is 12.2. The van der Waals surface area contributed by atoms with Crippen molar-refractivity contribution in [3.63, 3.8) is 0 Å². The molecule has 5 nitrogen and oxygen atoms in total. The topological polar surface area (TPSA) is 72.5 Å². The molecule has 23 heavy (non-hydrogen) atoms. The molecule has 0 aliphatic heterocycles. The zero-order valence-corrected chi connectivity index (χ0v) is 14.6. The normalized spacial score (nSPS) is 21.7. The van der Waals surface area contributed by atoms with Crippen LogP contribution in [0.25, 0.3) is 0 Å². The maximum atomic E-state index is 12.0. The minimum absolute atomic E-state index is 0.0107. The molecule has 0 bridgehead atoms. The van der Waals surface area contributed by atoms with Gasteiger partial charge in [-0.05, 0) is 43.0 Å². The molecule has 1 saturated carbocycles. The van der Waals surface area contributed by atoms with Gasteiger partial charge in [-0.15, -0.1) is 0 Å². The predicted octanol–water partition coefficient (Wildman–Crippen LogP) is 2.55. The van der Waals surface area contributed by atoms with E-state index in [4.69, 9.17) is 4.74 Å². The van der Waals surface area contributed by atoms with Crippen LogP contribution < -0.4 is 10.1 Å². The van der Waals surface area contributed by atoms with Crippen molar-refractivity contribution in [2.45, 2.75) is 50.0 Å². The SMILES string of the molecule is C[C@@H]1CCCC[C@H]1NC(=O)CCOc1ccc(S(C)(=O)=O)cc1. The lowest BCUT2D eigenvalue weighted by Crippen LogP contribution is -2.41. The van der Waals surface area contributed by atoms with Crippen molar-refractivity contribution in [1.29, 1.82) is 0 Å². The largest absolute Gasteiger partial charge is 0.493 e. The Bertz CT molecular complexity index is 624. The van der Waals surface area contributed by atoms with Gasteiger partial charge in [0.05, 0.1) is 17.9 Å². The minimum atomic E-state index is -3.19. The summed E-state index contributed by atoms with van der Waals surface area (Å²) in [5.74, 6) is 1.12. The van der Waals surface area contributed by atoms with E-state index in [0.29, 0.717) is 18.1 Å². The second-order valence-electron chi connectivity index (χ2n) is 6.28. The van der Waals surface area contributed by atoms with Crippen LogP contribution in [0.1, 0.15) is 39.0 Å². The Labute approximate surface area is 138 Å². The Morgan fingerprint density at radius 2 is 1.87 bits per heavy atom. The van der Waals surface area contributed by atoms with Crippen LogP contribution in [0, 0.1) is 5.92 Å². The maximum absolute atomic E-state index is 12.0. The fraction of sp³-hybridized carbons (Fsp3) is 0.588. The number of hydrogen-bond donors (Lipinski definition) is 1. The molecule has 0 aromatic heterocycles. The number of nitrogens with one attached hydrogen (secondary N) is 1. The highest BCUT2D eigenvalue weighted by molar-refractivity contribution is 7.90. The summed E-state index contributed by atoms with van der Waals surface area (Å²) < 4.78 is 28.2. The van der Waals surface area contributed by atoms with Crippen molar-refractivity contribution in [1.82, 2.24) is 5.32 Å². The number of amides is 1. The van der Waals surface area contributed by atoms with Gasteiger partial charge >= 0.3 is 0 Å². The summed E-state index contributed by atoms with van der Waals surface area (Å²) >= 11 is 0. The van der Waals surface area contributed by atoms with Crippen LogP contribution in [-0.2, 0) is 14.6 Å². The monoisotopic (exact) mass is 339 g/mol. The van der Waals surface area contributed by atoms with E-state index >= 15 is 0 Å². The Kier molecular flexibility index (Phi) is 6.04. The molecular weight excluding hydrogens is 314 g/mol. The molecule has 0 heterocycles. The molecule has 6 heteroatoms. The van der Waals surface area contributed by atoms with Crippen molar-refractivity contribution in [2.75, 3.05) is 12.9 Å². The van der Waals surface area contributed by atoms with Crippen LogP contribution in [-0.4, -0.2) is 33.2 Å². The van der Waals surface area contributed by atoms with E-state index in [2.05, 4.69) is 12.2 Å². The van der Waals surface area contributed by atoms with Crippen molar-refractivity contribution >= 4 is 15.7 Å². The van der Waals surface area contributed by atoms with Gasteiger partial charge in [-0.25, -0.2) is 8.42 Å². The molecule has 2 atom stereocenters. The summed E-state index contributed by atoms with van der Waals surface area (Å²) in [5, 5.41) is 3.09. The second kappa shape index (κ2) is 7.81. The molecule has 1 fully saturated rings. The van der Waals surface area contributed by atoms with E-state index in [0.717, 1.165) is 6.42 Å². The van der Waals surface area contributed by atoms with Crippen molar-refractivity contribution in [3.8, 4) is 5.75 Å². The molecule has 2 rings (SSSR count). The van der Waals surface area contributed by atoms with Crippen LogP contribution in [0.3, 0.4) is 0 Å². The van der Waals surface area contributed by atoms with Crippen molar-refractivity contribution in [2.24, 2.45) is 5.92 Å². The fourth-order valence-corrected chi connectivity index (χ4v) is 3.48. The summed E-state index contributed by atoms with van der Waals surface area (Å²) in [6.07, 6.45) is 6.13. The molecule has 1 aromatic carbocycles. The molecule has 128 valence electrons. The summed E-state index contributed by atoms with van der Waals surface area (Å²) in [5.41, 5.74) is 0. The van der Waals surface area contributed by atoms with Crippen molar-refractivity contribution in [3.05, 3.63) is 24.3 Å². The van der Waals surface area contributed by atoms with Gasteiger partial charge in [-0.2, -0.15) is 0 Å². The number of rotatable bonds is 6. The minimum Gasteiger partial charge on any atom is -0.493 e. The highest BCUT2D eigenvalue weighted by Crippen LogP contribution is 2.23. The third-order valence-corrected chi connectivity index (χ3v) is 5.44. The van der Waals surface area contributed by atoms with E-state index < -0.39 is 9.84 Å². The Morgan fingerprint density at radius 1 is 1.22 bits per heavy atom. The number of benzene rings is 1. The lowest BCUT2D eigenvalue weighted by molar-refractivity contribution is -0.122. The zero-order chi connectivity index (χ0) is 16.9. The van der Waals surface area contributed by atoms with Gasteiger partial charge in [0, 0.05) is 12.3 Å². The van der Waals surface area contributed by atoms with Crippen LogP contribution in [0.15, 0.2) is 29.2 Å². The van der Waals surface area contributed by atoms with Crippen LogP contribution in [0.4, 0.5) is 0 Å². The first kappa shape index (κ1) is 17.8. The molecule has 1 aliphatic carbocycles. The van der Waals surface area contributed by atoms with Gasteiger partial charge in [-0.3, -0.25) is 4.79 Å². The fourth-order valence-electron chi connectivity index (χ4n) is 2.85. The van der Waals surface area contributed by atoms with Gasteiger partial charge in [0.15, 0.2) is 9.84 Å². The van der Waals surface area contributed by atoms with E-state index in [1.54, 1.807) is 12.1 Å². The molecule has 0 unspecified atom stereocenters. The summed E-state index contributed by atoms with van der Waals surface area (Å²) in [7, 11) is -3.19. The summed E-state index contributed by atoms with van der Waals surface area (Å²) in [6, 6.07) is 6.52. The smallest absolute Gasteiger partial charge is 0.223 e. The lowest BCUT2D eigenvalue weighted by Gasteiger charge is -2.29. The first-order valence-corrected chi connectivity index (χ1v) is 9.97. The summed E-state index contributed by atoms with van der Waals surface area (Å²) in [6.45, 7) is 2.47. The maximum Gasteiger partial charge on any atom is 0.223 e. The van der Waals surface area contributed by atoms with Gasteiger partial charge in [0.2, 0.25) is 5.91 Å². The molecule has 1 amide bonds.